The molecule has 0 aliphatic carbocycles. The summed E-state index contributed by atoms with van der Waals surface area (Å²) in [5.74, 6) is 0. The maximum absolute atomic E-state index is 5.88. The number of aromatic nitrogens is 1. The van der Waals surface area contributed by atoms with Gasteiger partial charge in [-0.05, 0) is 60.7 Å². The number of rotatable bonds is 4. The number of aliphatic imine (C=N–C) groups is 1. The molecule has 1 aromatic heterocycles. The average molecular weight is 356 g/mol. The van der Waals surface area contributed by atoms with Crippen LogP contribution in [0.25, 0.3) is 0 Å². The molecule has 0 saturated heterocycles. The van der Waals surface area contributed by atoms with E-state index in [9.17, 15) is 0 Å². The van der Waals surface area contributed by atoms with Crippen LogP contribution in [0.2, 0.25) is 10.0 Å². The van der Waals surface area contributed by atoms with Crippen LogP contribution in [0.15, 0.2) is 76.7 Å². The van der Waals surface area contributed by atoms with Gasteiger partial charge in [0, 0.05) is 28.4 Å². The van der Waals surface area contributed by atoms with E-state index in [0.717, 1.165) is 22.6 Å². The molecule has 0 amide bonds. The van der Waals surface area contributed by atoms with Crippen LogP contribution in [0.4, 0.5) is 11.4 Å². The fraction of sp³-hybridized carbons (Fsp3) is 0.0526. The van der Waals surface area contributed by atoms with Crippen molar-refractivity contribution in [3.05, 3.63) is 88.0 Å². The standard InChI is InChI=1S/C19H15Cl2N3/c20-14-4-8-16(9-5-14)22-13-12-17-2-1-3-19(23-17)24-18-10-6-15(21)7-11-18/h1-11,13H,12H2,(H,23,24). The Hall–Kier alpha value is -2.36. The minimum Gasteiger partial charge on any atom is -0.343 e. The molecule has 0 spiro atoms. The number of H-pyrrole nitrogens is 1. The summed E-state index contributed by atoms with van der Waals surface area (Å²) < 4.78 is 0. The van der Waals surface area contributed by atoms with E-state index < -0.39 is 0 Å². The molecule has 3 rings (SSSR count). The van der Waals surface area contributed by atoms with E-state index in [1.807, 2.05) is 72.9 Å². The van der Waals surface area contributed by atoms with E-state index in [-0.39, 0.29) is 0 Å². The highest BCUT2D eigenvalue weighted by Crippen LogP contribution is 2.16. The smallest absolute Gasteiger partial charge is 0.130 e. The molecule has 5 heteroatoms. The second-order valence-corrected chi connectivity index (χ2v) is 6.01. The first-order valence-electron chi connectivity index (χ1n) is 7.46. The molecule has 3 aromatic rings. The number of aromatic amines is 1. The van der Waals surface area contributed by atoms with Crippen molar-refractivity contribution in [3.8, 4) is 0 Å². The number of nitrogens with zero attached hydrogens (tertiary/aromatic N) is 2. The van der Waals surface area contributed by atoms with E-state index in [1.165, 1.54) is 0 Å². The minimum atomic E-state index is 0.687. The monoisotopic (exact) mass is 355 g/mol. The molecule has 1 heterocycles. The van der Waals surface area contributed by atoms with Gasteiger partial charge in [-0.15, -0.1) is 0 Å². The van der Waals surface area contributed by atoms with Crippen molar-refractivity contribution in [2.24, 2.45) is 9.98 Å². The Morgan fingerprint density at radius 3 is 2.08 bits per heavy atom. The van der Waals surface area contributed by atoms with E-state index in [2.05, 4.69) is 15.0 Å². The van der Waals surface area contributed by atoms with Gasteiger partial charge in [0.15, 0.2) is 0 Å². The third-order valence-corrected chi connectivity index (χ3v) is 3.80. The topological polar surface area (TPSA) is 40.5 Å². The second kappa shape index (κ2) is 7.95. The molecule has 2 aromatic carbocycles. The van der Waals surface area contributed by atoms with Crippen LogP contribution in [0, 0.1) is 0 Å². The maximum atomic E-state index is 5.88. The van der Waals surface area contributed by atoms with Gasteiger partial charge in [0.05, 0.1) is 11.4 Å². The number of hydrogen-bond donors (Lipinski definition) is 1. The number of halogens is 2. The van der Waals surface area contributed by atoms with Crippen molar-refractivity contribution in [2.45, 2.75) is 6.42 Å². The van der Waals surface area contributed by atoms with Crippen molar-refractivity contribution >= 4 is 40.8 Å². The predicted molar refractivity (Wildman–Crippen MR) is 101 cm³/mol. The Morgan fingerprint density at radius 1 is 0.792 bits per heavy atom. The molecule has 120 valence electrons. The van der Waals surface area contributed by atoms with Crippen molar-refractivity contribution in [3.63, 3.8) is 0 Å². The molecular weight excluding hydrogens is 341 g/mol. The minimum absolute atomic E-state index is 0.687. The zero-order chi connectivity index (χ0) is 16.8. The molecule has 3 nitrogen and oxygen atoms in total. The predicted octanol–water partition coefficient (Wildman–Crippen LogP) is 5.50. The lowest BCUT2D eigenvalue weighted by atomic mass is 10.3. The van der Waals surface area contributed by atoms with Crippen molar-refractivity contribution in [1.82, 2.24) is 4.98 Å². The molecule has 0 bridgehead atoms. The number of nitrogens with one attached hydrogen (secondary N) is 1. The van der Waals surface area contributed by atoms with E-state index in [4.69, 9.17) is 23.2 Å². The van der Waals surface area contributed by atoms with Crippen molar-refractivity contribution in [1.29, 1.82) is 0 Å². The van der Waals surface area contributed by atoms with Gasteiger partial charge in [0.1, 0.15) is 5.49 Å². The van der Waals surface area contributed by atoms with Gasteiger partial charge in [-0.1, -0.05) is 29.3 Å². The summed E-state index contributed by atoms with van der Waals surface area (Å²) in [6.45, 7) is 0. The summed E-state index contributed by atoms with van der Waals surface area (Å²) in [6, 6.07) is 20.7. The Morgan fingerprint density at radius 2 is 1.42 bits per heavy atom. The first-order chi connectivity index (χ1) is 11.7. The highest BCUT2D eigenvalue weighted by molar-refractivity contribution is 6.30. The first kappa shape index (κ1) is 16.5. The van der Waals surface area contributed by atoms with Gasteiger partial charge >= 0.3 is 0 Å². The molecule has 0 saturated carbocycles. The lowest BCUT2D eigenvalue weighted by Gasteiger charge is -1.99. The Balaban J connectivity index is 1.73. The van der Waals surface area contributed by atoms with Gasteiger partial charge in [0.2, 0.25) is 0 Å². The lowest BCUT2D eigenvalue weighted by Crippen LogP contribution is -2.08. The van der Waals surface area contributed by atoms with Crippen LogP contribution in [0.5, 0.6) is 0 Å². The SMILES string of the molecule is Clc1ccc(N=CCc2cccc(=Nc3ccc(Cl)cc3)[nH]2)cc1. The van der Waals surface area contributed by atoms with Crippen LogP contribution in [-0.4, -0.2) is 11.2 Å². The summed E-state index contributed by atoms with van der Waals surface area (Å²) in [7, 11) is 0. The molecule has 0 unspecified atom stereocenters. The fourth-order valence-electron chi connectivity index (χ4n) is 2.12. The molecule has 0 aliphatic heterocycles. The quantitative estimate of drug-likeness (QED) is 0.600. The van der Waals surface area contributed by atoms with Gasteiger partial charge in [0.25, 0.3) is 0 Å². The lowest BCUT2D eigenvalue weighted by molar-refractivity contribution is 1.06. The Kier molecular flexibility index (Phi) is 5.47. The van der Waals surface area contributed by atoms with Gasteiger partial charge in [-0.3, -0.25) is 4.99 Å². The molecule has 0 fully saturated rings. The second-order valence-electron chi connectivity index (χ2n) is 5.14. The summed E-state index contributed by atoms with van der Waals surface area (Å²) in [4.78, 5) is 12.3. The highest BCUT2D eigenvalue weighted by atomic mass is 35.5. The van der Waals surface area contributed by atoms with Crippen LogP contribution in [-0.2, 0) is 6.42 Å². The van der Waals surface area contributed by atoms with E-state index in [1.54, 1.807) is 0 Å². The van der Waals surface area contributed by atoms with Gasteiger partial charge in [-0.25, -0.2) is 4.99 Å². The maximum Gasteiger partial charge on any atom is 0.130 e. The summed E-state index contributed by atoms with van der Waals surface area (Å²) in [5, 5.41) is 1.41. The molecular formula is C19H15Cl2N3. The van der Waals surface area contributed by atoms with Gasteiger partial charge in [-0.2, -0.15) is 0 Å². The zero-order valence-electron chi connectivity index (χ0n) is 12.8. The van der Waals surface area contributed by atoms with E-state index >= 15 is 0 Å². The first-order valence-corrected chi connectivity index (χ1v) is 8.21. The molecule has 24 heavy (non-hydrogen) atoms. The average Bonchev–Trinajstić information content (AvgIpc) is 2.59. The number of pyridine rings is 1. The third kappa shape index (κ3) is 4.82. The van der Waals surface area contributed by atoms with Crippen LogP contribution in [0.1, 0.15) is 5.69 Å². The summed E-state index contributed by atoms with van der Waals surface area (Å²) in [5.41, 5.74) is 3.54. The summed E-state index contributed by atoms with van der Waals surface area (Å²) >= 11 is 11.7. The molecule has 0 atom stereocenters. The fourth-order valence-corrected chi connectivity index (χ4v) is 2.37. The number of hydrogen-bond acceptors (Lipinski definition) is 2. The van der Waals surface area contributed by atoms with Crippen molar-refractivity contribution < 1.29 is 0 Å². The van der Waals surface area contributed by atoms with Crippen LogP contribution >= 0.6 is 23.2 Å². The third-order valence-electron chi connectivity index (χ3n) is 3.29. The normalized spacial score (nSPS) is 12.0. The highest BCUT2D eigenvalue weighted by Gasteiger charge is 1.93. The summed E-state index contributed by atoms with van der Waals surface area (Å²) in [6.07, 6.45) is 2.55. The zero-order valence-corrected chi connectivity index (χ0v) is 14.3. The van der Waals surface area contributed by atoms with Gasteiger partial charge < -0.3 is 4.98 Å². The van der Waals surface area contributed by atoms with E-state index in [0.29, 0.717) is 16.5 Å². The molecule has 1 N–H and O–H groups in total. The number of benzene rings is 2. The van der Waals surface area contributed by atoms with Crippen LogP contribution < -0.4 is 5.49 Å². The Labute approximate surface area is 150 Å². The largest absolute Gasteiger partial charge is 0.343 e. The molecule has 0 aliphatic rings. The Bertz CT molecular complexity index is 895. The van der Waals surface area contributed by atoms with Crippen LogP contribution in [0.3, 0.4) is 0 Å². The molecule has 0 radical (unpaired) electrons. The van der Waals surface area contributed by atoms with Crippen molar-refractivity contribution in [2.75, 3.05) is 0 Å².